The van der Waals surface area contributed by atoms with Crippen LogP contribution in [0.5, 0.6) is 0 Å². The molecule has 3 rings (SSSR count). The standard InChI is InChI=1S/C15H21N3S/c1-10-17-13-8-14(12(16)7-15(13)19-10)18(2)9-11-5-3-4-6-11/h7-8,11H,3-6,9,16H2,1-2H3. The highest BCUT2D eigenvalue weighted by Gasteiger charge is 2.18. The average molecular weight is 275 g/mol. The van der Waals surface area contributed by atoms with Crippen LogP contribution in [-0.2, 0) is 0 Å². The van der Waals surface area contributed by atoms with E-state index in [1.54, 1.807) is 11.3 Å². The molecule has 3 nitrogen and oxygen atoms in total. The zero-order valence-electron chi connectivity index (χ0n) is 11.6. The predicted octanol–water partition coefficient (Wildman–Crippen LogP) is 3.81. The van der Waals surface area contributed by atoms with Gasteiger partial charge in [0.25, 0.3) is 0 Å². The number of hydrogen-bond acceptors (Lipinski definition) is 4. The van der Waals surface area contributed by atoms with E-state index in [1.807, 2.05) is 6.92 Å². The molecule has 4 heteroatoms. The van der Waals surface area contributed by atoms with Crippen LogP contribution < -0.4 is 10.6 Å². The van der Waals surface area contributed by atoms with Gasteiger partial charge in [0, 0.05) is 13.6 Å². The summed E-state index contributed by atoms with van der Waals surface area (Å²) in [5, 5.41) is 1.10. The van der Waals surface area contributed by atoms with E-state index >= 15 is 0 Å². The second-order valence-corrected chi connectivity index (χ2v) is 6.88. The van der Waals surface area contributed by atoms with Gasteiger partial charge in [-0.15, -0.1) is 11.3 Å². The number of thiazole rings is 1. The van der Waals surface area contributed by atoms with Gasteiger partial charge in [-0.3, -0.25) is 0 Å². The minimum atomic E-state index is 0.831. The van der Waals surface area contributed by atoms with Crippen molar-refractivity contribution in [3.05, 3.63) is 17.1 Å². The van der Waals surface area contributed by atoms with Crippen LogP contribution in [0.4, 0.5) is 11.4 Å². The molecule has 0 spiro atoms. The molecule has 0 saturated heterocycles. The lowest BCUT2D eigenvalue weighted by Crippen LogP contribution is -2.24. The van der Waals surface area contributed by atoms with Crippen LogP contribution in [-0.4, -0.2) is 18.6 Å². The molecular weight excluding hydrogens is 254 g/mol. The van der Waals surface area contributed by atoms with E-state index in [2.05, 4.69) is 29.1 Å². The fraction of sp³-hybridized carbons (Fsp3) is 0.533. The van der Waals surface area contributed by atoms with Gasteiger partial charge in [-0.25, -0.2) is 4.98 Å². The van der Waals surface area contributed by atoms with Crippen molar-refractivity contribution >= 4 is 32.9 Å². The fourth-order valence-electron chi connectivity index (χ4n) is 3.10. The maximum absolute atomic E-state index is 6.21. The molecule has 0 unspecified atom stereocenters. The van der Waals surface area contributed by atoms with Crippen molar-refractivity contribution < 1.29 is 0 Å². The average Bonchev–Trinajstić information content (AvgIpc) is 2.96. The van der Waals surface area contributed by atoms with Crippen LogP contribution in [0.2, 0.25) is 0 Å². The summed E-state index contributed by atoms with van der Waals surface area (Å²) in [6.45, 7) is 3.15. The third-order valence-corrected chi connectivity index (χ3v) is 5.00. The summed E-state index contributed by atoms with van der Waals surface area (Å²) in [5.74, 6) is 0.831. The van der Waals surface area contributed by atoms with Gasteiger partial charge in [0.2, 0.25) is 0 Å². The molecule has 2 N–H and O–H groups in total. The zero-order chi connectivity index (χ0) is 13.4. The third-order valence-electron chi connectivity index (χ3n) is 4.06. The van der Waals surface area contributed by atoms with E-state index in [4.69, 9.17) is 5.73 Å². The van der Waals surface area contributed by atoms with Gasteiger partial charge in [0.05, 0.1) is 26.6 Å². The molecule has 1 aromatic carbocycles. The van der Waals surface area contributed by atoms with Gasteiger partial charge in [0.1, 0.15) is 0 Å². The maximum atomic E-state index is 6.21. The number of nitrogen functional groups attached to an aromatic ring is 1. The van der Waals surface area contributed by atoms with Gasteiger partial charge < -0.3 is 10.6 Å². The topological polar surface area (TPSA) is 42.2 Å². The molecule has 1 fully saturated rings. The second-order valence-electron chi connectivity index (χ2n) is 5.64. The van der Waals surface area contributed by atoms with E-state index in [1.165, 1.54) is 30.4 Å². The Balaban J connectivity index is 1.87. The Morgan fingerprint density at radius 1 is 1.37 bits per heavy atom. The monoisotopic (exact) mass is 275 g/mol. The van der Waals surface area contributed by atoms with E-state index < -0.39 is 0 Å². The lowest BCUT2D eigenvalue weighted by atomic mass is 10.1. The van der Waals surface area contributed by atoms with Gasteiger partial charge in [-0.2, -0.15) is 0 Å². The normalized spacial score (nSPS) is 16.3. The molecular formula is C15H21N3S. The first-order valence-electron chi connectivity index (χ1n) is 7.01. The molecule has 0 bridgehead atoms. The molecule has 1 heterocycles. The summed E-state index contributed by atoms with van der Waals surface area (Å²) < 4.78 is 1.19. The fourth-order valence-corrected chi connectivity index (χ4v) is 3.96. The number of hydrogen-bond donors (Lipinski definition) is 1. The molecule has 1 aliphatic carbocycles. The molecule has 1 aromatic heterocycles. The molecule has 102 valence electrons. The highest BCUT2D eigenvalue weighted by molar-refractivity contribution is 7.18. The molecule has 0 radical (unpaired) electrons. The van der Waals surface area contributed by atoms with Crippen molar-refractivity contribution in [1.82, 2.24) is 4.98 Å². The maximum Gasteiger partial charge on any atom is 0.0907 e. The number of nitrogens with two attached hydrogens (primary N) is 1. The van der Waals surface area contributed by atoms with Gasteiger partial charge >= 0.3 is 0 Å². The number of anilines is 2. The molecule has 0 amide bonds. The van der Waals surface area contributed by atoms with Gasteiger partial charge in [-0.1, -0.05) is 12.8 Å². The molecule has 1 aliphatic rings. The van der Waals surface area contributed by atoms with Gasteiger partial charge in [0.15, 0.2) is 0 Å². The summed E-state index contributed by atoms with van der Waals surface area (Å²) in [7, 11) is 2.15. The van der Waals surface area contributed by atoms with Crippen molar-refractivity contribution in [2.24, 2.45) is 5.92 Å². The first kappa shape index (κ1) is 12.7. The molecule has 1 saturated carbocycles. The van der Waals surface area contributed by atoms with E-state index in [0.717, 1.165) is 34.4 Å². The number of nitrogens with zero attached hydrogens (tertiary/aromatic N) is 2. The summed E-state index contributed by atoms with van der Waals surface area (Å²) in [5.41, 5.74) is 9.28. The smallest absolute Gasteiger partial charge is 0.0907 e. The first-order chi connectivity index (χ1) is 9.13. The zero-order valence-corrected chi connectivity index (χ0v) is 12.5. The molecule has 0 atom stereocenters. The second kappa shape index (κ2) is 5.00. The number of fused-ring (bicyclic) bond motifs is 1. The largest absolute Gasteiger partial charge is 0.397 e. The number of benzene rings is 1. The Bertz CT molecular complexity index is 584. The van der Waals surface area contributed by atoms with Crippen LogP contribution in [0.3, 0.4) is 0 Å². The SMILES string of the molecule is Cc1nc2cc(N(C)CC3CCCC3)c(N)cc2s1. The summed E-state index contributed by atoms with van der Waals surface area (Å²) in [4.78, 5) is 6.87. The van der Waals surface area contributed by atoms with Crippen molar-refractivity contribution in [2.45, 2.75) is 32.6 Å². The summed E-state index contributed by atoms with van der Waals surface area (Å²) >= 11 is 1.71. The predicted molar refractivity (Wildman–Crippen MR) is 84.0 cm³/mol. The number of aryl methyl sites for hydroxylation is 1. The minimum Gasteiger partial charge on any atom is -0.397 e. The molecule has 19 heavy (non-hydrogen) atoms. The van der Waals surface area contributed by atoms with Crippen LogP contribution in [0.1, 0.15) is 30.7 Å². The quantitative estimate of drug-likeness (QED) is 0.866. The van der Waals surface area contributed by atoms with E-state index in [0.29, 0.717) is 0 Å². The van der Waals surface area contributed by atoms with Crippen LogP contribution >= 0.6 is 11.3 Å². The Kier molecular flexibility index (Phi) is 3.35. The van der Waals surface area contributed by atoms with Crippen molar-refractivity contribution in [2.75, 3.05) is 24.2 Å². The highest BCUT2D eigenvalue weighted by Crippen LogP contribution is 2.33. The molecule has 0 aliphatic heterocycles. The van der Waals surface area contributed by atoms with E-state index in [-0.39, 0.29) is 0 Å². The number of aromatic nitrogens is 1. The molecule has 2 aromatic rings. The van der Waals surface area contributed by atoms with Crippen LogP contribution in [0, 0.1) is 12.8 Å². The van der Waals surface area contributed by atoms with Crippen molar-refractivity contribution in [3.63, 3.8) is 0 Å². The summed E-state index contributed by atoms with van der Waals surface area (Å²) in [6, 6.07) is 4.21. The Labute approximate surface area is 118 Å². The van der Waals surface area contributed by atoms with Crippen molar-refractivity contribution in [1.29, 1.82) is 0 Å². The number of rotatable bonds is 3. The third kappa shape index (κ3) is 2.54. The summed E-state index contributed by atoms with van der Waals surface area (Å²) in [6.07, 6.45) is 5.50. The Morgan fingerprint density at radius 2 is 2.11 bits per heavy atom. The Morgan fingerprint density at radius 3 is 2.84 bits per heavy atom. The highest BCUT2D eigenvalue weighted by atomic mass is 32.1. The Hall–Kier alpha value is -1.29. The van der Waals surface area contributed by atoms with E-state index in [9.17, 15) is 0 Å². The minimum absolute atomic E-state index is 0.831. The van der Waals surface area contributed by atoms with Gasteiger partial charge in [-0.05, 0) is 37.8 Å². The van der Waals surface area contributed by atoms with Crippen LogP contribution in [0.25, 0.3) is 10.2 Å². The lowest BCUT2D eigenvalue weighted by Gasteiger charge is -2.24. The lowest BCUT2D eigenvalue weighted by molar-refractivity contribution is 0.547. The first-order valence-corrected chi connectivity index (χ1v) is 7.83. The van der Waals surface area contributed by atoms with Crippen molar-refractivity contribution in [3.8, 4) is 0 Å². The van der Waals surface area contributed by atoms with Crippen LogP contribution in [0.15, 0.2) is 12.1 Å².